The van der Waals surface area contributed by atoms with Crippen molar-refractivity contribution >= 4 is 54.7 Å². The zero-order chi connectivity index (χ0) is 29.5. The van der Waals surface area contributed by atoms with Crippen molar-refractivity contribution in [3.05, 3.63) is 92.9 Å². The number of hydrogen-bond donors (Lipinski definition) is 1. The molecule has 0 radical (unpaired) electrons. The largest absolute Gasteiger partial charge is 0.462 e. The third-order valence-electron chi connectivity index (χ3n) is 4.88. The molecule has 5 nitrogen and oxygen atoms in total. The molecule has 2 rings (SSSR count). The van der Waals surface area contributed by atoms with Crippen LogP contribution in [0.3, 0.4) is 0 Å². The van der Waals surface area contributed by atoms with Gasteiger partial charge in [0.1, 0.15) is 0 Å². The van der Waals surface area contributed by atoms with Gasteiger partial charge in [-0.3, -0.25) is 4.79 Å². The summed E-state index contributed by atoms with van der Waals surface area (Å²) in [4.78, 5) is 23.2. The number of rotatable bonds is 10. The van der Waals surface area contributed by atoms with E-state index >= 15 is 0 Å². The second kappa shape index (κ2) is 24.3. The van der Waals surface area contributed by atoms with Crippen LogP contribution in [0.15, 0.2) is 81.8 Å². The first-order valence-corrected chi connectivity index (χ1v) is 14.4. The lowest BCUT2D eigenvalue weighted by molar-refractivity contribution is -0.138. The predicted octanol–water partition coefficient (Wildman–Crippen LogP) is 7.77. The Bertz CT molecular complexity index is 926. The Balaban J connectivity index is 0. The maximum absolute atomic E-state index is 11.1. The van der Waals surface area contributed by atoms with Gasteiger partial charge in [-0.1, -0.05) is 90.1 Å². The molecule has 1 N–H and O–H groups in total. The first-order valence-electron chi connectivity index (χ1n) is 12.4. The van der Waals surface area contributed by atoms with E-state index in [2.05, 4.69) is 70.7 Å². The van der Waals surface area contributed by atoms with Gasteiger partial charge in [-0.25, -0.2) is 4.79 Å². The van der Waals surface area contributed by atoms with Gasteiger partial charge in [-0.2, -0.15) is 0 Å². The van der Waals surface area contributed by atoms with Gasteiger partial charge in [0.15, 0.2) is 0 Å². The summed E-state index contributed by atoms with van der Waals surface area (Å²) < 4.78 is 7.11. The maximum atomic E-state index is 11.1. The van der Waals surface area contributed by atoms with Crippen LogP contribution in [0.5, 0.6) is 0 Å². The zero-order valence-electron chi connectivity index (χ0n) is 23.2. The van der Waals surface area contributed by atoms with Crippen molar-refractivity contribution in [2.24, 2.45) is 0 Å². The summed E-state index contributed by atoms with van der Waals surface area (Å²) in [5, 5.41) is 8.11. The molecule has 0 saturated heterocycles. The van der Waals surface area contributed by atoms with E-state index in [1.807, 2.05) is 48.5 Å². The molecule has 0 aliphatic rings. The van der Waals surface area contributed by atoms with Crippen molar-refractivity contribution in [2.45, 2.75) is 47.5 Å². The summed E-state index contributed by atoms with van der Waals surface area (Å²) in [5.74, 6) is -0.327. The molecule has 2 aromatic carbocycles. The maximum Gasteiger partial charge on any atom is 0.333 e. The summed E-state index contributed by atoms with van der Waals surface area (Å²) in [7, 11) is 0. The Hall–Kier alpha value is -1.77. The molecule has 2 aromatic rings. The quantitative estimate of drug-likeness (QED) is 0.158. The van der Waals surface area contributed by atoms with E-state index in [9.17, 15) is 9.59 Å². The highest BCUT2D eigenvalue weighted by atomic mass is 79.9. The van der Waals surface area contributed by atoms with Gasteiger partial charge < -0.3 is 14.7 Å². The Morgan fingerprint density at radius 2 is 1.18 bits per heavy atom. The monoisotopic (exact) mass is 673 g/mol. The highest BCUT2D eigenvalue weighted by Crippen LogP contribution is 2.11. The zero-order valence-corrected chi connectivity index (χ0v) is 27.2. The van der Waals surface area contributed by atoms with E-state index in [4.69, 9.17) is 21.4 Å². The van der Waals surface area contributed by atoms with Crippen molar-refractivity contribution in [1.29, 1.82) is 0 Å². The van der Waals surface area contributed by atoms with E-state index in [0.717, 1.165) is 27.4 Å². The van der Waals surface area contributed by atoms with E-state index < -0.39 is 5.24 Å². The number of aliphatic hydroxyl groups is 1. The average molecular weight is 676 g/mol. The molecule has 0 aliphatic carbocycles. The second-order valence-corrected chi connectivity index (χ2v) is 10.2. The van der Waals surface area contributed by atoms with Gasteiger partial charge in [-0.05, 0) is 86.9 Å². The fraction of sp³-hybridized carbons (Fsp3) is 0.400. The SMILES string of the molecule is C=C(C)C(=O)Cl.C=C(C)C(=O)OCCc1ccc(Br)cc1.CCN(CC)CC.OCCc1ccc(Br)cc1. The number of carbonyl (C=O) groups is 2. The van der Waals surface area contributed by atoms with Crippen molar-refractivity contribution in [2.75, 3.05) is 32.8 Å². The summed E-state index contributed by atoms with van der Waals surface area (Å²) >= 11 is 11.6. The van der Waals surface area contributed by atoms with Crippen molar-refractivity contribution < 1.29 is 19.4 Å². The molecule has 0 atom stereocenters. The first-order chi connectivity index (χ1) is 17.9. The van der Waals surface area contributed by atoms with Gasteiger partial charge in [0.2, 0.25) is 5.24 Å². The topological polar surface area (TPSA) is 66.8 Å². The molecule has 0 bridgehead atoms. The van der Waals surface area contributed by atoms with Gasteiger partial charge >= 0.3 is 5.97 Å². The number of carbonyl (C=O) groups excluding carboxylic acids is 2. The molecule has 0 aliphatic heterocycles. The summed E-state index contributed by atoms with van der Waals surface area (Å²) in [6.45, 7) is 20.7. The molecule has 0 fully saturated rings. The van der Waals surface area contributed by atoms with Crippen LogP contribution in [0, 0.1) is 0 Å². The molecule has 38 heavy (non-hydrogen) atoms. The smallest absolute Gasteiger partial charge is 0.333 e. The lowest BCUT2D eigenvalue weighted by atomic mass is 10.2. The minimum atomic E-state index is -0.463. The highest BCUT2D eigenvalue weighted by molar-refractivity contribution is 9.10. The number of ether oxygens (including phenoxy) is 1. The first kappa shape index (κ1) is 38.4. The fourth-order valence-electron chi connectivity index (χ4n) is 2.49. The molecule has 0 spiro atoms. The van der Waals surface area contributed by atoms with Crippen LogP contribution in [0.4, 0.5) is 0 Å². The molecule has 0 saturated carbocycles. The van der Waals surface area contributed by atoms with Crippen LogP contribution >= 0.6 is 43.5 Å². The predicted molar refractivity (Wildman–Crippen MR) is 168 cm³/mol. The minimum absolute atomic E-state index is 0.224. The fourth-order valence-corrected chi connectivity index (χ4v) is 3.02. The van der Waals surface area contributed by atoms with Gasteiger partial charge in [0, 0.05) is 33.1 Å². The normalized spacial score (nSPS) is 9.53. The minimum Gasteiger partial charge on any atom is -0.462 e. The Kier molecular flexibility index (Phi) is 24.5. The average Bonchev–Trinajstić information content (AvgIpc) is 2.89. The lowest BCUT2D eigenvalue weighted by Gasteiger charge is -2.13. The molecule has 0 unspecified atom stereocenters. The Morgan fingerprint density at radius 3 is 1.45 bits per heavy atom. The number of allylic oxidation sites excluding steroid dienone is 1. The van der Waals surface area contributed by atoms with Crippen LogP contribution in [-0.2, 0) is 27.2 Å². The van der Waals surface area contributed by atoms with Crippen molar-refractivity contribution in [3.8, 4) is 0 Å². The summed E-state index contributed by atoms with van der Waals surface area (Å²) in [5.41, 5.74) is 3.14. The molecule has 0 heterocycles. The van der Waals surface area contributed by atoms with Crippen LogP contribution < -0.4 is 0 Å². The van der Waals surface area contributed by atoms with E-state index in [0.29, 0.717) is 17.8 Å². The highest BCUT2D eigenvalue weighted by Gasteiger charge is 2.02. The molecule has 0 aromatic heterocycles. The van der Waals surface area contributed by atoms with Crippen LogP contribution in [0.2, 0.25) is 0 Å². The van der Waals surface area contributed by atoms with Crippen molar-refractivity contribution in [3.63, 3.8) is 0 Å². The molecular formula is C30H42Br2ClNO4. The molecule has 8 heteroatoms. The third kappa shape index (κ3) is 22.2. The number of aliphatic hydroxyl groups excluding tert-OH is 1. The van der Waals surface area contributed by atoms with E-state index in [1.54, 1.807) is 13.8 Å². The third-order valence-corrected chi connectivity index (χ3v) is 6.26. The van der Waals surface area contributed by atoms with Crippen LogP contribution in [0.25, 0.3) is 0 Å². The van der Waals surface area contributed by atoms with Crippen LogP contribution in [-0.4, -0.2) is 54.1 Å². The molecule has 0 amide bonds. The second-order valence-electron chi connectivity index (χ2n) is 8.07. The number of benzene rings is 2. The lowest BCUT2D eigenvalue weighted by Crippen LogP contribution is -2.21. The number of esters is 1. The number of hydrogen-bond acceptors (Lipinski definition) is 5. The summed E-state index contributed by atoms with van der Waals surface area (Å²) in [6, 6.07) is 15.9. The summed E-state index contributed by atoms with van der Waals surface area (Å²) in [6.07, 6.45) is 1.47. The Morgan fingerprint density at radius 1 is 0.816 bits per heavy atom. The Labute approximate surface area is 251 Å². The number of halogens is 3. The van der Waals surface area contributed by atoms with Gasteiger partial charge in [0.05, 0.1) is 6.61 Å². The number of nitrogens with zero attached hydrogens (tertiary/aromatic N) is 1. The standard InChI is InChI=1S/C12H13BrO2.C8H9BrO.C6H15N.C4H5ClO/c1-9(2)12(14)15-8-7-10-3-5-11(13)6-4-10;9-8-3-1-7(2-4-8)5-6-10;1-4-7(5-2)6-3;1-3(2)4(5)6/h3-6H,1,7-8H2,2H3;1-4,10H,5-6H2;4-6H2,1-3H3;1H2,2H3. The van der Waals surface area contributed by atoms with Crippen LogP contribution in [0.1, 0.15) is 45.7 Å². The molecular weight excluding hydrogens is 634 g/mol. The molecule has 212 valence electrons. The van der Waals surface area contributed by atoms with Crippen molar-refractivity contribution in [1.82, 2.24) is 4.90 Å². The van der Waals surface area contributed by atoms with Gasteiger partial charge in [-0.15, -0.1) is 0 Å². The van der Waals surface area contributed by atoms with E-state index in [-0.39, 0.29) is 12.6 Å². The van der Waals surface area contributed by atoms with E-state index in [1.165, 1.54) is 25.2 Å². The van der Waals surface area contributed by atoms with Gasteiger partial charge in [0.25, 0.3) is 0 Å².